The van der Waals surface area contributed by atoms with Crippen molar-refractivity contribution < 1.29 is 0 Å². The molecule has 3 heteroatoms. The number of benzene rings is 2. The van der Waals surface area contributed by atoms with Crippen LogP contribution in [-0.4, -0.2) is 0 Å². The summed E-state index contributed by atoms with van der Waals surface area (Å²) in [6.07, 6.45) is 0. The van der Waals surface area contributed by atoms with Gasteiger partial charge in [0.05, 0.1) is 11.1 Å². The predicted octanol–water partition coefficient (Wildman–Crippen LogP) is 5.08. The monoisotopic (exact) mass is 337 g/mol. The fourth-order valence-electron chi connectivity index (χ4n) is 2.60. The molecule has 1 unspecified atom stereocenters. The molecule has 0 radical (unpaired) electrons. The first-order valence-corrected chi connectivity index (χ1v) is 7.36. The minimum Gasteiger partial charge on any atom is -0.320 e. The van der Waals surface area contributed by atoms with Crippen LogP contribution in [0.5, 0.6) is 0 Å². The number of nitrogens with two attached hydrogens (primary N) is 1. The van der Waals surface area contributed by atoms with Crippen molar-refractivity contribution in [3.8, 4) is 0 Å². The number of rotatable bonds is 2. The Labute approximate surface area is 127 Å². The SMILES string of the molecule is Cc1cc(C)c(C(N)c2cccc(Br)c2Cl)c(C)c1. The van der Waals surface area contributed by atoms with Gasteiger partial charge in [0.1, 0.15) is 0 Å². The lowest BCUT2D eigenvalue weighted by Gasteiger charge is -2.20. The van der Waals surface area contributed by atoms with E-state index < -0.39 is 0 Å². The lowest BCUT2D eigenvalue weighted by atomic mass is 9.90. The van der Waals surface area contributed by atoms with Gasteiger partial charge in [0.2, 0.25) is 0 Å². The molecule has 0 bridgehead atoms. The van der Waals surface area contributed by atoms with Crippen molar-refractivity contribution in [3.05, 3.63) is 67.6 Å². The summed E-state index contributed by atoms with van der Waals surface area (Å²) in [4.78, 5) is 0. The Bertz CT molecular complexity index is 599. The van der Waals surface area contributed by atoms with Crippen LogP contribution in [0.15, 0.2) is 34.8 Å². The van der Waals surface area contributed by atoms with Gasteiger partial charge in [-0.3, -0.25) is 0 Å². The molecule has 1 atom stereocenters. The van der Waals surface area contributed by atoms with E-state index in [9.17, 15) is 0 Å². The van der Waals surface area contributed by atoms with Crippen LogP contribution >= 0.6 is 27.5 Å². The van der Waals surface area contributed by atoms with Gasteiger partial charge in [-0.15, -0.1) is 0 Å². The minimum absolute atomic E-state index is 0.203. The van der Waals surface area contributed by atoms with Crippen molar-refractivity contribution in [1.29, 1.82) is 0 Å². The van der Waals surface area contributed by atoms with Crippen molar-refractivity contribution in [2.24, 2.45) is 5.73 Å². The summed E-state index contributed by atoms with van der Waals surface area (Å²) in [5.41, 5.74) is 12.2. The summed E-state index contributed by atoms with van der Waals surface area (Å²) >= 11 is 9.80. The van der Waals surface area contributed by atoms with Crippen LogP contribution in [0.3, 0.4) is 0 Å². The first kappa shape index (κ1) is 14.6. The van der Waals surface area contributed by atoms with Crippen LogP contribution in [0.1, 0.15) is 33.9 Å². The molecule has 0 aromatic heterocycles. The van der Waals surface area contributed by atoms with Crippen LogP contribution in [0.2, 0.25) is 5.02 Å². The molecule has 1 nitrogen and oxygen atoms in total. The highest BCUT2D eigenvalue weighted by Gasteiger charge is 2.18. The van der Waals surface area contributed by atoms with Crippen LogP contribution in [0, 0.1) is 20.8 Å². The molecule has 0 heterocycles. The van der Waals surface area contributed by atoms with Crippen LogP contribution in [-0.2, 0) is 0 Å². The van der Waals surface area contributed by atoms with E-state index in [1.165, 1.54) is 16.7 Å². The Morgan fingerprint density at radius 1 is 1.11 bits per heavy atom. The predicted molar refractivity (Wildman–Crippen MR) is 85.8 cm³/mol. The second kappa shape index (κ2) is 5.66. The summed E-state index contributed by atoms with van der Waals surface area (Å²) in [5, 5.41) is 0.689. The minimum atomic E-state index is -0.203. The largest absolute Gasteiger partial charge is 0.320 e. The highest BCUT2D eigenvalue weighted by molar-refractivity contribution is 9.10. The van der Waals surface area contributed by atoms with Crippen LogP contribution in [0.25, 0.3) is 0 Å². The molecule has 19 heavy (non-hydrogen) atoms. The molecule has 0 spiro atoms. The Balaban J connectivity index is 2.56. The molecule has 0 saturated carbocycles. The number of aryl methyl sites for hydroxylation is 3. The Kier molecular flexibility index (Phi) is 4.34. The van der Waals surface area contributed by atoms with Gasteiger partial charge in [-0.2, -0.15) is 0 Å². The standard InChI is InChI=1S/C16H17BrClN/c1-9-7-10(2)14(11(3)8-9)16(19)12-5-4-6-13(17)15(12)18/h4-8,16H,19H2,1-3H3. The van der Waals surface area contributed by atoms with Crippen molar-refractivity contribution in [3.63, 3.8) is 0 Å². The third-order valence-electron chi connectivity index (χ3n) is 3.37. The van der Waals surface area contributed by atoms with Gasteiger partial charge in [0.15, 0.2) is 0 Å². The summed E-state index contributed by atoms with van der Waals surface area (Å²) in [5.74, 6) is 0. The molecule has 0 aliphatic heterocycles. The van der Waals surface area contributed by atoms with Crippen molar-refractivity contribution in [1.82, 2.24) is 0 Å². The molecular weight excluding hydrogens is 322 g/mol. The molecule has 0 saturated heterocycles. The molecule has 0 aliphatic carbocycles. The normalized spacial score (nSPS) is 12.5. The maximum Gasteiger partial charge on any atom is 0.0599 e. The third-order valence-corrected chi connectivity index (χ3v) is 4.68. The van der Waals surface area contributed by atoms with E-state index in [0.29, 0.717) is 5.02 Å². The molecule has 0 fully saturated rings. The van der Waals surface area contributed by atoms with E-state index in [0.717, 1.165) is 15.6 Å². The quantitative estimate of drug-likeness (QED) is 0.812. The summed E-state index contributed by atoms with van der Waals surface area (Å²) in [7, 11) is 0. The van der Waals surface area contributed by atoms with Crippen molar-refractivity contribution in [2.45, 2.75) is 26.8 Å². The average Bonchev–Trinajstić information content (AvgIpc) is 2.31. The topological polar surface area (TPSA) is 26.0 Å². The number of hydrogen-bond donors (Lipinski definition) is 1. The third kappa shape index (κ3) is 2.86. The highest BCUT2D eigenvalue weighted by Crippen LogP contribution is 2.34. The van der Waals surface area contributed by atoms with Crippen molar-refractivity contribution in [2.75, 3.05) is 0 Å². The highest BCUT2D eigenvalue weighted by atomic mass is 79.9. The van der Waals surface area contributed by atoms with E-state index in [4.69, 9.17) is 17.3 Å². The van der Waals surface area contributed by atoms with Gasteiger partial charge in [-0.1, -0.05) is 41.4 Å². The zero-order valence-electron chi connectivity index (χ0n) is 11.3. The first-order valence-electron chi connectivity index (χ1n) is 6.19. The van der Waals surface area contributed by atoms with Gasteiger partial charge in [0, 0.05) is 4.47 Å². The maximum absolute atomic E-state index is 6.43. The lowest BCUT2D eigenvalue weighted by Crippen LogP contribution is -2.15. The number of hydrogen-bond acceptors (Lipinski definition) is 1. The van der Waals surface area contributed by atoms with E-state index in [1.807, 2.05) is 18.2 Å². The molecule has 100 valence electrons. The van der Waals surface area contributed by atoms with E-state index in [-0.39, 0.29) is 6.04 Å². The summed E-state index contributed by atoms with van der Waals surface area (Å²) in [6, 6.07) is 9.99. The maximum atomic E-state index is 6.43. The molecular formula is C16H17BrClN. The van der Waals surface area contributed by atoms with Gasteiger partial charge in [-0.05, 0) is 65.0 Å². The molecule has 2 aromatic carbocycles. The Hall–Kier alpha value is -0.830. The fourth-order valence-corrected chi connectivity index (χ4v) is 3.22. The zero-order chi connectivity index (χ0) is 14.2. The average molecular weight is 339 g/mol. The molecule has 0 amide bonds. The van der Waals surface area contributed by atoms with Gasteiger partial charge in [-0.25, -0.2) is 0 Å². The molecule has 2 rings (SSSR count). The molecule has 2 N–H and O–H groups in total. The Morgan fingerprint density at radius 2 is 1.68 bits per heavy atom. The first-order chi connectivity index (χ1) is 8.91. The molecule has 0 aliphatic rings. The second-order valence-electron chi connectivity index (χ2n) is 4.93. The fraction of sp³-hybridized carbons (Fsp3) is 0.250. The summed E-state index contributed by atoms with van der Waals surface area (Å²) < 4.78 is 0.879. The number of halogens is 2. The smallest absolute Gasteiger partial charge is 0.0599 e. The van der Waals surface area contributed by atoms with E-state index in [1.54, 1.807) is 0 Å². The Morgan fingerprint density at radius 3 is 2.26 bits per heavy atom. The molecule has 2 aromatic rings. The van der Waals surface area contributed by atoms with Crippen LogP contribution in [0.4, 0.5) is 0 Å². The van der Waals surface area contributed by atoms with Crippen molar-refractivity contribution >= 4 is 27.5 Å². The second-order valence-corrected chi connectivity index (χ2v) is 6.17. The summed E-state index contributed by atoms with van der Waals surface area (Å²) in [6.45, 7) is 6.30. The van der Waals surface area contributed by atoms with Crippen LogP contribution < -0.4 is 5.73 Å². The van der Waals surface area contributed by atoms with Gasteiger partial charge < -0.3 is 5.73 Å². The van der Waals surface area contributed by atoms with Gasteiger partial charge >= 0.3 is 0 Å². The zero-order valence-corrected chi connectivity index (χ0v) is 13.6. The van der Waals surface area contributed by atoms with E-state index in [2.05, 4.69) is 48.8 Å². The van der Waals surface area contributed by atoms with Gasteiger partial charge in [0.25, 0.3) is 0 Å². The lowest BCUT2D eigenvalue weighted by molar-refractivity contribution is 0.850. The van der Waals surface area contributed by atoms with E-state index >= 15 is 0 Å².